The molecule has 21 heavy (non-hydrogen) atoms. The molecule has 0 fully saturated rings. The summed E-state index contributed by atoms with van der Waals surface area (Å²) >= 11 is 0. The molecule has 1 aromatic heterocycles. The summed E-state index contributed by atoms with van der Waals surface area (Å²) < 4.78 is 0. The topological polar surface area (TPSA) is 12.9 Å². The lowest BCUT2D eigenvalue weighted by Crippen LogP contribution is -1.85. The van der Waals surface area contributed by atoms with Crippen LogP contribution < -0.4 is 0 Å². The molecule has 0 saturated heterocycles. The fourth-order valence-corrected chi connectivity index (χ4v) is 2.36. The van der Waals surface area contributed by atoms with Crippen LogP contribution in [0.4, 0.5) is 0 Å². The van der Waals surface area contributed by atoms with Crippen LogP contribution in [-0.2, 0) is 0 Å². The third-order valence-corrected chi connectivity index (χ3v) is 3.40. The van der Waals surface area contributed by atoms with E-state index in [9.17, 15) is 0 Å². The van der Waals surface area contributed by atoms with Crippen LogP contribution in [-0.4, -0.2) is 4.98 Å². The van der Waals surface area contributed by atoms with Crippen LogP contribution in [0, 0.1) is 6.92 Å². The summed E-state index contributed by atoms with van der Waals surface area (Å²) in [5.41, 5.74) is 5.82. The highest BCUT2D eigenvalue weighted by molar-refractivity contribution is 5.79. The number of aromatic nitrogens is 1. The molecule has 0 N–H and O–H groups in total. The van der Waals surface area contributed by atoms with Crippen LogP contribution in [0.15, 0.2) is 72.9 Å². The van der Waals surface area contributed by atoms with Crippen LogP contribution >= 0.6 is 0 Å². The van der Waals surface area contributed by atoms with Crippen LogP contribution in [0.3, 0.4) is 0 Å². The third-order valence-electron chi connectivity index (χ3n) is 3.40. The fraction of sp³-hybridized carbons (Fsp3) is 0.0500. The summed E-state index contributed by atoms with van der Waals surface area (Å²) in [4.78, 5) is 4.44. The first-order chi connectivity index (χ1) is 10.3. The maximum atomic E-state index is 4.44. The van der Waals surface area contributed by atoms with E-state index in [-0.39, 0.29) is 0 Å². The zero-order valence-corrected chi connectivity index (χ0v) is 12.0. The second-order valence-corrected chi connectivity index (χ2v) is 5.05. The third kappa shape index (κ3) is 3.26. The van der Waals surface area contributed by atoms with E-state index in [1.807, 2.05) is 30.5 Å². The van der Waals surface area contributed by atoms with Gasteiger partial charge >= 0.3 is 0 Å². The lowest BCUT2D eigenvalue weighted by molar-refractivity contribution is 1.32. The molecular weight excluding hydrogens is 254 g/mol. The standard InChI is InChI=1S/C20H17N/c1-16-7-6-8-17(15-16)12-13-18-9-2-3-10-19(18)20-11-4-5-14-21-20/h2-15H,1H3/b13-12+. The maximum absolute atomic E-state index is 4.44. The maximum Gasteiger partial charge on any atom is 0.0707 e. The van der Waals surface area contributed by atoms with Gasteiger partial charge in [0.2, 0.25) is 0 Å². The molecule has 1 heterocycles. The molecule has 1 heteroatoms. The SMILES string of the molecule is Cc1cccc(/C=C/c2ccccc2-c2ccccn2)c1. The fourth-order valence-electron chi connectivity index (χ4n) is 2.36. The number of benzene rings is 2. The van der Waals surface area contributed by atoms with Crippen molar-refractivity contribution in [1.82, 2.24) is 4.98 Å². The van der Waals surface area contributed by atoms with Crippen molar-refractivity contribution >= 4 is 12.2 Å². The monoisotopic (exact) mass is 271 g/mol. The largest absolute Gasteiger partial charge is 0.256 e. The zero-order valence-electron chi connectivity index (χ0n) is 12.0. The molecule has 0 amide bonds. The van der Waals surface area contributed by atoms with E-state index in [1.165, 1.54) is 16.7 Å². The van der Waals surface area contributed by atoms with Crippen LogP contribution in [0.2, 0.25) is 0 Å². The molecule has 0 aliphatic rings. The first-order valence-corrected chi connectivity index (χ1v) is 7.08. The molecule has 0 unspecified atom stereocenters. The van der Waals surface area contributed by atoms with Gasteiger partial charge in [-0.25, -0.2) is 0 Å². The number of nitrogens with zero attached hydrogens (tertiary/aromatic N) is 1. The van der Waals surface area contributed by atoms with Gasteiger partial charge in [0.15, 0.2) is 0 Å². The number of pyridine rings is 1. The summed E-state index contributed by atoms with van der Waals surface area (Å²) in [6.45, 7) is 2.11. The zero-order chi connectivity index (χ0) is 14.5. The number of hydrogen-bond acceptors (Lipinski definition) is 1. The van der Waals surface area contributed by atoms with E-state index >= 15 is 0 Å². The molecule has 3 aromatic rings. The van der Waals surface area contributed by atoms with Crippen molar-refractivity contribution in [2.75, 3.05) is 0 Å². The van der Waals surface area contributed by atoms with E-state index in [1.54, 1.807) is 0 Å². The number of hydrogen-bond donors (Lipinski definition) is 0. The molecule has 0 bridgehead atoms. The molecule has 0 spiro atoms. The summed E-state index contributed by atoms with van der Waals surface area (Å²) in [5.74, 6) is 0. The van der Waals surface area contributed by atoms with E-state index in [0.29, 0.717) is 0 Å². The van der Waals surface area contributed by atoms with Crippen molar-refractivity contribution in [3.05, 3.63) is 89.6 Å². The molecule has 3 rings (SSSR count). The van der Waals surface area contributed by atoms with Crippen molar-refractivity contribution in [2.45, 2.75) is 6.92 Å². The minimum Gasteiger partial charge on any atom is -0.256 e. The Morgan fingerprint density at radius 3 is 2.48 bits per heavy atom. The Labute approximate surface area is 125 Å². The molecule has 1 nitrogen and oxygen atoms in total. The smallest absolute Gasteiger partial charge is 0.0707 e. The van der Waals surface area contributed by atoms with Gasteiger partial charge < -0.3 is 0 Å². The highest BCUT2D eigenvalue weighted by Gasteiger charge is 2.02. The lowest BCUT2D eigenvalue weighted by atomic mass is 10.0. The normalized spacial score (nSPS) is 10.9. The van der Waals surface area contributed by atoms with Crippen molar-refractivity contribution in [3.8, 4) is 11.3 Å². The van der Waals surface area contributed by atoms with Crippen molar-refractivity contribution in [1.29, 1.82) is 0 Å². The molecule has 0 atom stereocenters. The predicted octanol–water partition coefficient (Wildman–Crippen LogP) is 5.23. The van der Waals surface area contributed by atoms with Gasteiger partial charge in [-0.15, -0.1) is 0 Å². The molecule has 0 aliphatic carbocycles. The van der Waals surface area contributed by atoms with Gasteiger partial charge in [-0.2, -0.15) is 0 Å². The van der Waals surface area contributed by atoms with Crippen molar-refractivity contribution < 1.29 is 0 Å². The summed E-state index contributed by atoms with van der Waals surface area (Å²) in [5, 5.41) is 0. The predicted molar refractivity (Wildman–Crippen MR) is 89.8 cm³/mol. The first-order valence-electron chi connectivity index (χ1n) is 7.08. The highest BCUT2D eigenvalue weighted by atomic mass is 14.7. The Hall–Kier alpha value is -2.67. The van der Waals surface area contributed by atoms with Gasteiger partial charge in [-0.05, 0) is 30.2 Å². The molecule has 0 radical (unpaired) electrons. The van der Waals surface area contributed by atoms with Gasteiger partial charge in [-0.3, -0.25) is 4.98 Å². The van der Waals surface area contributed by atoms with Gasteiger partial charge in [-0.1, -0.05) is 72.3 Å². The Bertz CT molecular complexity index is 758. The van der Waals surface area contributed by atoms with Crippen molar-refractivity contribution in [2.24, 2.45) is 0 Å². The van der Waals surface area contributed by atoms with E-state index < -0.39 is 0 Å². The minimum absolute atomic E-state index is 1.00. The molecular formula is C20H17N. The lowest BCUT2D eigenvalue weighted by Gasteiger charge is -2.05. The second-order valence-electron chi connectivity index (χ2n) is 5.05. The Balaban J connectivity index is 1.97. The summed E-state index contributed by atoms with van der Waals surface area (Å²) in [7, 11) is 0. The minimum atomic E-state index is 1.00. The van der Waals surface area contributed by atoms with Gasteiger partial charge in [0, 0.05) is 11.8 Å². The molecule has 102 valence electrons. The van der Waals surface area contributed by atoms with E-state index in [0.717, 1.165) is 11.3 Å². The van der Waals surface area contributed by atoms with Gasteiger partial charge in [0.05, 0.1) is 5.69 Å². The Kier molecular flexibility index (Phi) is 3.92. The number of aryl methyl sites for hydroxylation is 1. The average molecular weight is 271 g/mol. The Morgan fingerprint density at radius 2 is 1.67 bits per heavy atom. The van der Waals surface area contributed by atoms with Crippen LogP contribution in [0.25, 0.3) is 23.4 Å². The summed E-state index contributed by atoms with van der Waals surface area (Å²) in [6.07, 6.45) is 6.13. The summed E-state index contributed by atoms with van der Waals surface area (Å²) in [6, 6.07) is 22.8. The van der Waals surface area contributed by atoms with Crippen LogP contribution in [0.5, 0.6) is 0 Å². The average Bonchev–Trinajstić information content (AvgIpc) is 2.54. The highest BCUT2D eigenvalue weighted by Crippen LogP contribution is 2.23. The molecule has 0 saturated carbocycles. The second kappa shape index (κ2) is 6.19. The van der Waals surface area contributed by atoms with Crippen molar-refractivity contribution in [3.63, 3.8) is 0 Å². The van der Waals surface area contributed by atoms with Gasteiger partial charge in [0.1, 0.15) is 0 Å². The Morgan fingerprint density at radius 1 is 0.810 bits per heavy atom. The first kappa shape index (κ1) is 13.3. The van der Waals surface area contributed by atoms with Gasteiger partial charge in [0.25, 0.3) is 0 Å². The molecule has 0 aliphatic heterocycles. The van der Waals surface area contributed by atoms with E-state index in [2.05, 4.69) is 66.5 Å². The van der Waals surface area contributed by atoms with E-state index in [4.69, 9.17) is 0 Å². The van der Waals surface area contributed by atoms with Crippen LogP contribution in [0.1, 0.15) is 16.7 Å². The molecule has 2 aromatic carbocycles. The quantitative estimate of drug-likeness (QED) is 0.594. The number of rotatable bonds is 3.